The molecule has 3 aromatic heterocycles. The fraction of sp³-hybridized carbons (Fsp3) is 0.556. The number of aryl methyl sites for hydroxylation is 2. The van der Waals surface area contributed by atoms with E-state index in [4.69, 9.17) is 0 Å². The standard InChI is InChI=1S/C18H23N5O3S/c1-4-5-8-21-15-13(14(24)23(17(21)26)18(3)6-7-18)11(2)12(27-15)9-22-16(25)19-10-20-22/h10H,4-9H2,1-3H3,(H,19,20,25). The van der Waals surface area contributed by atoms with Crippen LogP contribution in [0.15, 0.2) is 20.7 Å². The Balaban J connectivity index is 1.97. The summed E-state index contributed by atoms with van der Waals surface area (Å²) in [6, 6.07) is 0. The van der Waals surface area contributed by atoms with Crippen molar-refractivity contribution in [3.05, 3.63) is 48.1 Å². The molecule has 0 saturated heterocycles. The molecule has 0 radical (unpaired) electrons. The second kappa shape index (κ2) is 6.33. The highest BCUT2D eigenvalue weighted by atomic mass is 32.1. The first kappa shape index (κ1) is 18.0. The van der Waals surface area contributed by atoms with E-state index in [2.05, 4.69) is 17.0 Å². The lowest BCUT2D eigenvalue weighted by Crippen LogP contribution is -2.44. The molecule has 1 fully saturated rings. The minimum Gasteiger partial charge on any atom is -0.295 e. The second-order valence-corrected chi connectivity index (χ2v) is 8.59. The van der Waals surface area contributed by atoms with Crippen molar-refractivity contribution >= 4 is 21.6 Å². The number of nitrogens with one attached hydrogen (secondary N) is 1. The minimum atomic E-state index is -0.371. The second-order valence-electron chi connectivity index (χ2n) is 7.51. The number of thiophene rings is 1. The molecule has 1 saturated carbocycles. The summed E-state index contributed by atoms with van der Waals surface area (Å²) in [4.78, 5) is 42.3. The van der Waals surface area contributed by atoms with Crippen LogP contribution in [0.4, 0.5) is 0 Å². The Labute approximate surface area is 159 Å². The molecule has 0 spiro atoms. The van der Waals surface area contributed by atoms with Crippen LogP contribution in [0.1, 0.15) is 50.0 Å². The third-order valence-corrected chi connectivity index (χ3v) is 6.77. The van der Waals surface area contributed by atoms with E-state index in [0.29, 0.717) is 16.8 Å². The van der Waals surface area contributed by atoms with Crippen molar-refractivity contribution < 1.29 is 0 Å². The summed E-state index contributed by atoms with van der Waals surface area (Å²) in [5.41, 5.74) is -0.261. The van der Waals surface area contributed by atoms with E-state index in [0.717, 1.165) is 36.1 Å². The fourth-order valence-corrected chi connectivity index (χ4v) is 4.76. The van der Waals surface area contributed by atoms with E-state index in [1.165, 1.54) is 26.9 Å². The van der Waals surface area contributed by atoms with Crippen molar-refractivity contribution in [2.75, 3.05) is 0 Å². The molecule has 1 aliphatic rings. The summed E-state index contributed by atoms with van der Waals surface area (Å²) in [5.74, 6) is 0. The highest BCUT2D eigenvalue weighted by Crippen LogP contribution is 2.41. The van der Waals surface area contributed by atoms with Gasteiger partial charge >= 0.3 is 11.4 Å². The maximum absolute atomic E-state index is 13.2. The lowest BCUT2D eigenvalue weighted by molar-refractivity contribution is 0.461. The predicted octanol–water partition coefficient (Wildman–Crippen LogP) is 1.78. The molecule has 9 heteroatoms. The smallest absolute Gasteiger partial charge is 0.295 e. The fourth-order valence-electron chi connectivity index (χ4n) is 3.47. The molecule has 0 amide bonds. The molecule has 1 aliphatic carbocycles. The van der Waals surface area contributed by atoms with Crippen molar-refractivity contribution in [3.63, 3.8) is 0 Å². The van der Waals surface area contributed by atoms with E-state index in [1.54, 1.807) is 4.57 Å². The van der Waals surface area contributed by atoms with Gasteiger partial charge in [0.25, 0.3) is 5.56 Å². The van der Waals surface area contributed by atoms with Gasteiger partial charge in [-0.3, -0.25) is 18.9 Å². The van der Waals surface area contributed by atoms with Gasteiger partial charge in [-0.1, -0.05) is 13.3 Å². The summed E-state index contributed by atoms with van der Waals surface area (Å²) >= 11 is 1.41. The third-order valence-electron chi connectivity index (χ3n) is 5.47. The van der Waals surface area contributed by atoms with Gasteiger partial charge in [0.1, 0.15) is 11.2 Å². The van der Waals surface area contributed by atoms with Gasteiger partial charge in [0, 0.05) is 11.4 Å². The molecular formula is C18H23N5O3S. The molecule has 27 heavy (non-hydrogen) atoms. The largest absolute Gasteiger partial charge is 0.343 e. The molecule has 1 N–H and O–H groups in total. The number of hydrogen-bond acceptors (Lipinski definition) is 5. The number of rotatable bonds is 6. The number of nitrogens with zero attached hydrogens (tertiary/aromatic N) is 4. The molecule has 0 bridgehead atoms. The normalized spacial score (nSPS) is 15.5. The monoisotopic (exact) mass is 389 g/mol. The number of hydrogen-bond donors (Lipinski definition) is 1. The number of fused-ring (bicyclic) bond motifs is 1. The zero-order valence-electron chi connectivity index (χ0n) is 15.7. The van der Waals surface area contributed by atoms with Crippen molar-refractivity contribution in [2.24, 2.45) is 0 Å². The Kier molecular flexibility index (Phi) is 4.21. The maximum atomic E-state index is 13.2. The van der Waals surface area contributed by atoms with Gasteiger partial charge in [0.05, 0.1) is 17.5 Å². The van der Waals surface area contributed by atoms with Gasteiger partial charge in [-0.25, -0.2) is 14.3 Å². The van der Waals surface area contributed by atoms with Crippen LogP contribution >= 0.6 is 11.3 Å². The molecule has 0 aliphatic heterocycles. The van der Waals surface area contributed by atoms with Gasteiger partial charge in [-0.05, 0) is 38.7 Å². The van der Waals surface area contributed by atoms with E-state index >= 15 is 0 Å². The molecule has 4 rings (SSSR count). The van der Waals surface area contributed by atoms with Crippen LogP contribution in [0.2, 0.25) is 0 Å². The Morgan fingerprint density at radius 2 is 2.04 bits per heavy atom. The summed E-state index contributed by atoms with van der Waals surface area (Å²) in [7, 11) is 0. The molecule has 8 nitrogen and oxygen atoms in total. The van der Waals surface area contributed by atoms with Crippen LogP contribution < -0.4 is 16.9 Å². The zero-order valence-corrected chi connectivity index (χ0v) is 16.6. The maximum Gasteiger partial charge on any atom is 0.343 e. The molecule has 3 heterocycles. The third kappa shape index (κ3) is 2.80. The van der Waals surface area contributed by atoms with Crippen LogP contribution in [0.5, 0.6) is 0 Å². The number of unbranched alkanes of at least 4 members (excludes halogenated alkanes) is 1. The van der Waals surface area contributed by atoms with Crippen LogP contribution in [0, 0.1) is 6.92 Å². The zero-order chi connectivity index (χ0) is 19.3. The van der Waals surface area contributed by atoms with Gasteiger partial charge in [0.15, 0.2) is 0 Å². The highest BCUT2D eigenvalue weighted by molar-refractivity contribution is 7.18. The molecule has 0 atom stereocenters. The van der Waals surface area contributed by atoms with Crippen molar-refractivity contribution in [1.82, 2.24) is 23.9 Å². The van der Waals surface area contributed by atoms with Crippen LogP contribution in [-0.4, -0.2) is 23.9 Å². The first-order valence-electron chi connectivity index (χ1n) is 9.26. The summed E-state index contributed by atoms with van der Waals surface area (Å²) in [5, 5.41) is 4.60. The quantitative estimate of drug-likeness (QED) is 0.695. The molecule has 144 valence electrons. The number of H-pyrrole nitrogens is 1. The lowest BCUT2D eigenvalue weighted by Gasteiger charge is -2.16. The first-order chi connectivity index (χ1) is 12.9. The Bertz CT molecular complexity index is 1190. The van der Waals surface area contributed by atoms with E-state index in [9.17, 15) is 14.4 Å². The topological polar surface area (TPSA) is 94.7 Å². The average molecular weight is 389 g/mol. The van der Waals surface area contributed by atoms with E-state index in [-0.39, 0.29) is 29.0 Å². The molecule has 0 aromatic carbocycles. The van der Waals surface area contributed by atoms with Crippen LogP contribution in [0.3, 0.4) is 0 Å². The first-order valence-corrected chi connectivity index (χ1v) is 10.1. The Morgan fingerprint density at radius 3 is 2.63 bits per heavy atom. The number of aromatic nitrogens is 5. The summed E-state index contributed by atoms with van der Waals surface area (Å²) < 4.78 is 4.53. The minimum absolute atomic E-state index is 0.211. The number of aromatic amines is 1. The van der Waals surface area contributed by atoms with Crippen molar-refractivity contribution in [1.29, 1.82) is 0 Å². The predicted molar refractivity (Wildman–Crippen MR) is 105 cm³/mol. The molecule has 3 aromatic rings. The van der Waals surface area contributed by atoms with Gasteiger partial charge in [-0.15, -0.1) is 11.3 Å². The lowest BCUT2D eigenvalue weighted by atomic mass is 10.2. The van der Waals surface area contributed by atoms with Crippen molar-refractivity contribution in [2.45, 2.75) is 65.1 Å². The summed E-state index contributed by atoms with van der Waals surface area (Å²) in [6.07, 6.45) is 4.88. The van der Waals surface area contributed by atoms with E-state index in [1.807, 2.05) is 13.8 Å². The molecule has 0 unspecified atom stereocenters. The average Bonchev–Trinajstić information content (AvgIpc) is 3.09. The van der Waals surface area contributed by atoms with Crippen LogP contribution in [-0.2, 0) is 18.6 Å². The Morgan fingerprint density at radius 1 is 1.30 bits per heavy atom. The SMILES string of the molecule is CCCCn1c(=O)n(C2(C)CC2)c(=O)c2c(C)c(Cn3nc[nH]c3=O)sc21. The van der Waals surface area contributed by atoms with Gasteiger partial charge in [0.2, 0.25) is 0 Å². The van der Waals surface area contributed by atoms with Crippen LogP contribution in [0.25, 0.3) is 10.2 Å². The Hall–Kier alpha value is -2.42. The van der Waals surface area contributed by atoms with Crippen molar-refractivity contribution in [3.8, 4) is 0 Å². The summed E-state index contributed by atoms with van der Waals surface area (Å²) in [6.45, 7) is 6.81. The highest BCUT2D eigenvalue weighted by Gasteiger charge is 2.43. The van der Waals surface area contributed by atoms with Gasteiger partial charge < -0.3 is 0 Å². The van der Waals surface area contributed by atoms with E-state index < -0.39 is 0 Å². The molecular weight excluding hydrogens is 366 g/mol. The van der Waals surface area contributed by atoms with Gasteiger partial charge in [-0.2, -0.15) is 5.10 Å².